The summed E-state index contributed by atoms with van der Waals surface area (Å²) in [6.45, 7) is 0.902. The van der Waals surface area contributed by atoms with Gasteiger partial charge in [-0.05, 0) is 12.8 Å². The predicted molar refractivity (Wildman–Crippen MR) is 51.4 cm³/mol. The highest BCUT2D eigenvalue weighted by Gasteiger charge is 2.23. The van der Waals surface area contributed by atoms with Crippen LogP contribution in [0.4, 0.5) is 0 Å². The molecule has 0 aromatic heterocycles. The maximum Gasteiger partial charge on any atom is 0.0810 e. The zero-order valence-electron chi connectivity index (χ0n) is 7.24. The topological polar surface area (TPSA) is 55.5 Å². The lowest BCUT2D eigenvalue weighted by Gasteiger charge is -2.10. The van der Waals surface area contributed by atoms with Crippen molar-refractivity contribution in [3.8, 4) is 0 Å². The van der Waals surface area contributed by atoms with Crippen molar-refractivity contribution in [3.63, 3.8) is 0 Å². The molecular weight excluding hydrogens is 174 g/mol. The smallest absolute Gasteiger partial charge is 0.0810 e. The van der Waals surface area contributed by atoms with E-state index in [9.17, 15) is 0 Å². The molecule has 0 amide bonds. The van der Waals surface area contributed by atoms with Crippen molar-refractivity contribution in [3.05, 3.63) is 0 Å². The molecule has 3 nitrogen and oxygen atoms in total. The molecule has 1 rings (SSSR count). The van der Waals surface area contributed by atoms with Crippen LogP contribution in [0.15, 0.2) is 0 Å². The van der Waals surface area contributed by atoms with Crippen molar-refractivity contribution in [1.82, 2.24) is 0 Å². The molecular formula is C8H17NO2S. The van der Waals surface area contributed by atoms with Crippen molar-refractivity contribution >= 4 is 11.8 Å². The van der Waals surface area contributed by atoms with E-state index < -0.39 is 0 Å². The Labute approximate surface area is 77.7 Å². The highest BCUT2D eigenvalue weighted by atomic mass is 32.2. The summed E-state index contributed by atoms with van der Waals surface area (Å²) in [5.41, 5.74) is 5.37. The summed E-state index contributed by atoms with van der Waals surface area (Å²) in [6.07, 6.45) is 2.53. The fraction of sp³-hybridized carbons (Fsp3) is 1.00. The first-order valence-corrected chi connectivity index (χ1v) is 5.56. The molecule has 4 heteroatoms. The summed E-state index contributed by atoms with van der Waals surface area (Å²) in [4.78, 5) is 0. The minimum absolute atomic E-state index is 0.0912. The quantitative estimate of drug-likeness (QED) is 0.610. The Balaban J connectivity index is 2.03. The van der Waals surface area contributed by atoms with Gasteiger partial charge in [0.2, 0.25) is 0 Å². The summed E-state index contributed by atoms with van der Waals surface area (Å²) in [7, 11) is 0. The van der Waals surface area contributed by atoms with Crippen LogP contribution in [0.3, 0.4) is 0 Å². The van der Waals surface area contributed by atoms with Gasteiger partial charge in [-0.1, -0.05) is 0 Å². The van der Waals surface area contributed by atoms with E-state index in [1.165, 1.54) is 0 Å². The maximum absolute atomic E-state index is 8.80. The largest absolute Gasteiger partial charge is 0.394 e. The van der Waals surface area contributed by atoms with Gasteiger partial charge in [0.05, 0.1) is 18.8 Å². The number of nitrogens with two attached hydrogens (primary N) is 1. The van der Waals surface area contributed by atoms with Gasteiger partial charge in [-0.3, -0.25) is 0 Å². The molecule has 1 aliphatic rings. The van der Waals surface area contributed by atoms with E-state index in [4.69, 9.17) is 15.6 Å². The molecule has 2 unspecified atom stereocenters. The maximum atomic E-state index is 8.80. The van der Waals surface area contributed by atoms with E-state index in [2.05, 4.69) is 0 Å². The molecule has 1 saturated heterocycles. The van der Waals surface area contributed by atoms with E-state index in [1.54, 1.807) is 0 Å². The molecule has 3 N–H and O–H groups in total. The molecule has 2 atom stereocenters. The average molecular weight is 191 g/mol. The minimum atomic E-state index is 0.0912. The summed E-state index contributed by atoms with van der Waals surface area (Å²) in [6, 6.07) is 0. The molecule has 12 heavy (non-hydrogen) atoms. The average Bonchev–Trinajstić information content (AvgIpc) is 2.53. The molecule has 0 radical (unpaired) electrons. The standard InChI is InChI=1S/C8H17NO2S/c9-3-4-12-6-8-2-1-7(5-10)11-8/h7-8,10H,1-6,9H2. The van der Waals surface area contributed by atoms with E-state index in [0.717, 1.165) is 30.9 Å². The second-order valence-corrected chi connectivity index (χ2v) is 4.15. The van der Waals surface area contributed by atoms with Gasteiger partial charge in [0.1, 0.15) is 0 Å². The van der Waals surface area contributed by atoms with Crippen molar-refractivity contribution < 1.29 is 9.84 Å². The number of aliphatic hydroxyl groups is 1. The normalized spacial score (nSPS) is 29.5. The third-order valence-electron chi connectivity index (χ3n) is 1.97. The molecule has 0 bridgehead atoms. The van der Waals surface area contributed by atoms with Crippen molar-refractivity contribution in [2.24, 2.45) is 5.73 Å². The summed E-state index contributed by atoms with van der Waals surface area (Å²) in [5, 5.41) is 8.80. The fourth-order valence-electron chi connectivity index (χ4n) is 1.34. The van der Waals surface area contributed by atoms with E-state index in [0.29, 0.717) is 6.10 Å². The number of hydrogen-bond donors (Lipinski definition) is 2. The molecule has 0 saturated carbocycles. The lowest BCUT2D eigenvalue weighted by molar-refractivity contribution is 0.0218. The van der Waals surface area contributed by atoms with Crippen LogP contribution in [0, 0.1) is 0 Å². The van der Waals surface area contributed by atoms with Crippen LogP contribution < -0.4 is 5.73 Å². The number of aliphatic hydroxyl groups excluding tert-OH is 1. The first kappa shape index (κ1) is 10.3. The molecule has 1 fully saturated rings. The van der Waals surface area contributed by atoms with Crippen LogP contribution in [-0.2, 0) is 4.74 Å². The first-order chi connectivity index (χ1) is 5.86. The van der Waals surface area contributed by atoms with Crippen molar-refractivity contribution in [1.29, 1.82) is 0 Å². The molecule has 0 spiro atoms. The highest BCUT2D eigenvalue weighted by Crippen LogP contribution is 2.22. The SMILES string of the molecule is NCCSCC1CCC(CO)O1. The van der Waals surface area contributed by atoms with Crippen LogP contribution in [0.5, 0.6) is 0 Å². The lowest BCUT2D eigenvalue weighted by Crippen LogP contribution is -2.16. The summed E-state index contributed by atoms with van der Waals surface area (Å²) >= 11 is 1.83. The molecule has 0 aromatic carbocycles. The zero-order chi connectivity index (χ0) is 8.81. The molecule has 0 aliphatic carbocycles. The van der Waals surface area contributed by atoms with E-state index >= 15 is 0 Å². The van der Waals surface area contributed by atoms with Crippen LogP contribution in [0.2, 0.25) is 0 Å². The van der Waals surface area contributed by atoms with Crippen molar-refractivity contribution in [2.45, 2.75) is 25.0 Å². The Hall–Kier alpha value is 0.230. The van der Waals surface area contributed by atoms with E-state index in [1.807, 2.05) is 11.8 Å². The summed E-state index contributed by atoms with van der Waals surface area (Å²) < 4.78 is 5.55. The van der Waals surface area contributed by atoms with Gasteiger partial charge in [0.15, 0.2) is 0 Å². The van der Waals surface area contributed by atoms with Gasteiger partial charge in [-0.15, -0.1) is 0 Å². The number of ether oxygens (including phenoxy) is 1. The van der Waals surface area contributed by atoms with E-state index in [-0.39, 0.29) is 12.7 Å². The Morgan fingerprint density at radius 3 is 2.75 bits per heavy atom. The molecule has 1 aliphatic heterocycles. The third kappa shape index (κ3) is 3.31. The monoisotopic (exact) mass is 191 g/mol. The fourth-order valence-corrected chi connectivity index (χ4v) is 2.18. The van der Waals surface area contributed by atoms with Gasteiger partial charge in [0, 0.05) is 18.1 Å². The minimum Gasteiger partial charge on any atom is -0.394 e. The van der Waals surface area contributed by atoms with Crippen molar-refractivity contribution in [2.75, 3.05) is 24.7 Å². The predicted octanol–water partition coefficient (Wildman–Crippen LogP) is 0.218. The molecule has 0 aromatic rings. The second kappa shape index (κ2) is 5.80. The van der Waals surface area contributed by atoms with Crippen LogP contribution in [0.25, 0.3) is 0 Å². The van der Waals surface area contributed by atoms with Gasteiger partial charge >= 0.3 is 0 Å². The number of hydrogen-bond acceptors (Lipinski definition) is 4. The molecule has 72 valence electrons. The number of rotatable bonds is 5. The van der Waals surface area contributed by atoms with Gasteiger partial charge in [0.25, 0.3) is 0 Å². The van der Waals surface area contributed by atoms with Gasteiger partial charge in [-0.25, -0.2) is 0 Å². The van der Waals surface area contributed by atoms with Crippen LogP contribution >= 0.6 is 11.8 Å². The summed E-state index contributed by atoms with van der Waals surface area (Å²) in [5.74, 6) is 2.03. The second-order valence-electron chi connectivity index (χ2n) is 3.00. The van der Waals surface area contributed by atoms with Crippen LogP contribution in [0.1, 0.15) is 12.8 Å². The number of thioether (sulfide) groups is 1. The Kier molecular flexibility index (Phi) is 4.99. The molecule has 1 heterocycles. The van der Waals surface area contributed by atoms with Crippen LogP contribution in [-0.4, -0.2) is 42.0 Å². The first-order valence-electron chi connectivity index (χ1n) is 4.41. The van der Waals surface area contributed by atoms with Gasteiger partial charge in [-0.2, -0.15) is 11.8 Å². The zero-order valence-corrected chi connectivity index (χ0v) is 8.05. The Bertz CT molecular complexity index is 124. The Morgan fingerprint density at radius 1 is 1.42 bits per heavy atom. The lowest BCUT2D eigenvalue weighted by atomic mass is 10.2. The van der Waals surface area contributed by atoms with Gasteiger partial charge < -0.3 is 15.6 Å². The Morgan fingerprint density at radius 2 is 2.17 bits per heavy atom. The third-order valence-corrected chi connectivity index (χ3v) is 3.10. The highest BCUT2D eigenvalue weighted by molar-refractivity contribution is 7.99.